The van der Waals surface area contributed by atoms with Gasteiger partial charge in [-0.3, -0.25) is 14.4 Å². The average molecular weight is 530 g/mol. The maximum atomic E-state index is 13.4. The molecule has 0 radical (unpaired) electrons. The van der Waals surface area contributed by atoms with Gasteiger partial charge in [0.25, 0.3) is 0 Å². The second-order valence-electron chi connectivity index (χ2n) is 10.8. The molecule has 0 bridgehead atoms. The molecule has 1 aromatic heterocycles. The van der Waals surface area contributed by atoms with Crippen LogP contribution in [0.25, 0.3) is 10.9 Å². The minimum Gasteiger partial charge on any atom is -0.480 e. The number of nitrogens with two attached hydrogens (primary N) is 1. The largest absolute Gasteiger partial charge is 0.480 e. The van der Waals surface area contributed by atoms with Crippen molar-refractivity contribution in [1.82, 2.24) is 20.9 Å². The maximum absolute atomic E-state index is 13.4. The van der Waals surface area contributed by atoms with Crippen LogP contribution >= 0.6 is 0 Å². The first-order valence-corrected chi connectivity index (χ1v) is 13.3. The number of para-hydroxylation sites is 1. The molecule has 3 amide bonds. The minimum atomic E-state index is -1.14. The van der Waals surface area contributed by atoms with Crippen molar-refractivity contribution < 1.29 is 24.3 Å². The Morgan fingerprint density at radius 2 is 1.55 bits per heavy atom. The number of aromatic amines is 1. The summed E-state index contributed by atoms with van der Waals surface area (Å²) in [6.07, 6.45) is 2.85. The van der Waals surface area contributed by atoms with E-state index in [0.717, 1.165) is 16.5 Å². The lowest BCUT2D eigenvalue weighted by atomic mass is 9.97. The number of aliphatic carboxylic acids is 1. The summed E-state index contributed by atoms with van der Waals surface area (Å²) in [6.45, 7) is 11.1. The van der Waals surface area contributed by atoms with E-state index in [4.69, 9.17) is 5.73 Å². The van der Waals surface area contributed by atoms with Crippen LogP contribution in [0.4, 0.5) is 0 Å². The Morgan fingerprint density at radius 1 is 0.921 bits per heavy atom. The van der Waals surface area contributed by atoms with E-state index in [0.29, 0.717) is 6.42 Å². The third kappa shape index (κ3) is 8.31. The zero-order chi connectivity index (χ0) is 28.6. The second kappa shape index (κ2) is 13.9. The van der Waals surface area contributed by atoms with Gasteiger partial charge in [-0.1, -0.05) is 66.2 Å². The van der Waals surface area contributed by atoms with Crippen LogP contribution < -0.4 is 21.7 Å². The molecule has 10 nitrogen and oxygen atoms in total. The third-order valence-corrected chi connectivity index (χ3v) is 6.86. The third-order valence-electron chi connectivity index (χ3n) is 6.86. The van der Waals surface area contributed by atoms with E-state index >= 15 is 0 Å². The number of fused-ring (bicyclic) bond motifs is 1. The Kier molecular flexibility index (Phi) is 11.3. The molecule has 0 aliphatic heterocycles. The fourth-order valence-electron chi connectivity index (χ4n) is 4.25. The highest BCUT2D eigenvalue weighted by Crippen LogP contribution is 2.20. The number of amides is 3. The summed E-state index contributed by atoms with van der Waals surface area (Å²) in [7, 11) is 0. The summed E-state index contributed by atoms with van der Waals surface area (Å²) in [5.74, 6) is -3.05. The lowest BCUT2D eigenvalue weighted by molar-refractivity contribution is -0.142. The molecule has 1 heterocycles. The smallest absolute Gasteiger partial charge is 0.326 e. The van der Waals surface area contributed by atoms with Crippen molar-refractivity contribution in [2.75, 3.05) is 0 Å². The zero-order valence-electron chi connectivity index (χ0n) is 23.2. The highest BCUT2D eigenvalue weighted by Gasteiger charge is 2.33. The number of hydrogen-bond acceptors (Lipinski definition) is 5. The van der Waals surface area contributed by atoms with Crippen LogP contribution in [0.2, 0.25) is 0 Å². The Bertz CT molecular complexity index is 1110. The number of nitrogens with one attached hydrogen (secondary N) is 4. The Labute approximate surface area is 224 Å². The van der Waals surface area contributed by atoms with Gasteiger partial charge in [-0.15, -0.1) is 0 Å². The molecule has 210 valence electrons. The number of hydrogen-bond donors (Lipinski definition) is 6. The van der Waals surface area contributed by atoms with Crippen LogP contribution in [0.1, 0.15) is 59.9 Å². The van der Waals surface area contributed by atoms with Crippen LogP contribution in [0.5, 0.6) is 0 Å². The summed E-state index contributed by atoms with van der Waals surface area (Å²) in [5, 5.41) is 18.6. The molecule has 2 rings (SSSR count). The molecule has 7 N–H and O–H groups in total. The van der Waals surface area contributed by atoms with Gasteiger partial charge in [0.05, 0.1) is 6.04 Å². The molecular weight excluding hydrogens is 486 g/mol. The van der Waals surface area contributed by atoms with Gasteiger partial charge < -0.3 is 31.8 Å². The predicted molar refractivity (Wildman–Crippen MR) is 147 cm³/mol. The fourth-order valence-corrected chi connectivity index (χ4v) is 4.25. The normalized spacial score (nSPS) is 15.5. The molecule has 1 aromatic carbocycles. The molecule has 10 heteroatoms. The van der Waals surface area contributed by atoms with E-state index in [1.807, 2.05) is 52.0 Å². The predicted octanol–water partition coefficient (Wildman–Crippen LogP) is 2.32. The first-order chi connectivity index (χ1) is 17.8. The minimum absolute atomic E-state index is 0.0355. The molecule has 0 aliphatic carbocycles. The van der Waals surface area contributed by atoms with Gasteiger partial charge >= 0.3 is 5.97 Å². The Morgan fingerprint density at radius 3 is 2.13 bits per heavy atom. The molecular formula is C28H43N5O5. The summed E-state index contributed by atoms with van der Waals surface area (Å²) >= 11 is 0. The topological polar surface area (TPSA) is 166 Å². The van der Waals surface area contributed by atoms with Crippen molar-refractivity contribution in [2.24, 2.45) is 23.5 Å². The lowest BCUT2D eigenvalue weighted by Gasteiger charge is -2.28. The second-order valence-corrected chi connectivity index (χ2v) is 10.8. The Hall–Kier alpha value is -3.40. The summed E-state index contributed by atoms with van der Waals surface area (Å²) < 4.78 is 0. The molecule has 0 fully saturated rings. The Balaban J connectivity index is 2.32. The highest BCUT2D eigenvalue weighted by molar-refractivity contribution is 5.95. The zero-order valence-corrected chi connectivity index (χ0v) is 23.2. The van der Waals surface area contributed by atoms with Crippen LogP contribution in [0, 0.1) is 17.8 Å². The van der Waals surface area contributed by atoms with E-state index in [9.17, 15) is 24.3 Å². The van der Waals surface area contributed by atoms with E-state index in [1.165, 1.54) is 0 Å². The average Bonchev–Trinajstić information content (AvgIpc) is 3.27. The van der Waals surface area contributed by atoms with Crippen LogP contribution in [0.3, 0.4) is 0 Å². The standard InChI is InChI=1S/C28H43N5O5/c1-7-17(6)23(29)26(35)33-24(16(4)5)27(36)31-21(25(34)32-22(28(37)38)12-15(2)3)13-18-14-30-20-11-9-8-10-19(18)20/h8-11,14-17,21-24,30H,7,12-13,29H2,1-6H3,(H,31,36)(H,32,34)(H,33,35)(H,37,38). The van der Waals surface area contributed by atoms with Crippen molar-refractivity contribution in [3.05, 3.63) is 36.0 Å². The van der Waals surface area contributed by atoms with E-state index < -0.39 is 47.9 Å². The van der Waals surface area contributed by atoms with Gasteiger partial charge in [0.1, 0.15) is 18.1 Å². The number of H-pyrrole nitrogens is 1. The van der Waals surface area contributed by atoms with E-state index in [2.05, 4.69) is 20.9 Å². The summed E-state index contributed by atoms with van der Waals surface area (Å²) in [5.41, 5.74) is 7.74. The van der Waals surface area contributed by atoms with Gasteiger partial charge in [-0.05, 0) is 35.8 Å². The van der Waals surface area contributed by atoms with Crippen LogP contribution in [-0.4, -0.2) is 57.9 Å². The van der Waals surface area contributed by atoms with Crippen molar-refractivity contribution in [2.45, 2.75) is 85.0 Å². The summed E-state index contributed by atoms with van der Waals surface area (Å²) in [4.78, 5) is 54.5. The molecule has 0 saturated heterocycles. The number of carboxylic acid groups (broad SMARTS) is 1. The summed E-state index contributed by atoms with van der Waals surface area (Å²) in [6, 6.07) is 3.70. The van der Waals surface area contributed by atoms with Gasteiger partial charge in [0.2, 0.25) is 17.7 Å². The van der Waals surface area contributed by atoms with Crippen molar-refractivity contribution in [1.29, 1.82) is 0 Å². The quantitative estimate of drug-likeness (QED) is 0.220. The highest BCUT2D eigenvalue weighted by atomic mass is 16.4. The molecule has 0 saturated carbocycles. The van der Waals surface area contributed by atoms with Gasteiger partial charge in [-0.2, -0.15) is 0 Å². The van der Waals surface area contributed by atoms with Crippen LogP contribution in [-0.2, 0) is 25.6 Å². The van der Waals surface area contributed by atoms with Gasteiger partial charge in [-0.25, -0.2) is 4.79 Å². The molecule has 38 heavy (non-hydrogen) atoms. The van der Waals surface area contributed by atoms with Crippen LogP contribution in [0.15, 0.2) is 30.5 Å². The van der Waals surface area contributed by atoms with E-state index in [1.54, 1.807) is 20.0 Å². The molecule has 2 aromatic rings. The lowest BCUT2D eigenvalue weighted by Crippen LogP contribution is -2.59. The molecule has 5 unspecified atom stereocenters. The SMILES string of the molecule is CCC(C)C(N)C(=O)NC(C(=O)NC(Cc1c[nH]c2ccccc12)C(=O)NC(CC(C)C)C(=O)O)C(C)C. The number of carboxylic acids is 1. The van der Waals surface area contributed by atoms with Crippen molar-refractivity contribution >= 4 is 34.6 Å². The number of aromatic nitrogens is 1. The maximum Gasteiger partial charge on any atom is 0.326 e. The molecule has 0 aliphatic rings. The van der Waals surface area contributed by atoms with Gasteiger partial charge in [0, 0.05) is 23.5 Å². The number of rotatable bonds is 14. The monoisotopic (exact) mass is 529 g/mol. The number of carbonyl (C=O) groups excluding carboxylic acids is 3. The van der Waals surface area contributed by atoms with Crippen molar-refractivity contribution in [3.63, 3.8) is 0 Å². The van der Waals surface area contributed by atoms with E-state index in [-0.39, 0.29) is 30.6 Å². The first-order valence-electron chi connectivity index (χ1n) is 13.3. The van der Waals surface area contributed by atoms with Gasteiger partial charge in [0.15, 0.2) is 0 Å². The fraction of sp³-hybridized carbons (Fsp3) is 0.571. The van der Waals surface area contributed by atoms with Crippen molar-refractivity contribution in [3.8, 4) is 0 Å². The first kappa shape index (κ1) is 30.8. The number of carbonyl (C=O) groups is 4. The molecule has 0 spiro atoms. The number of benzene rings is 1. The molecule has 5 atom stereocenters.